The molecular weight excluding hydrogens is 460 g/mol. The Bertz CT molecular complexity index is 1410. The van der Waals surface area contributed by atoms with Crippen LogP contribution in [0, 0.1) is 0 Å². The number of carbonyl (C=O) groups is 1. The van der Waals surface area contributed by atoms with Crippen molar-refractivity contribution in [1.82, 2.24) is 9.97 Å². The second-order valence-corrected chi connectivity index (χ2v) is 10.4. The Balaban J connectivity index is 1.54. The minimum absolute atomic E-state index is 0.173. The molecule has 0 aliphatic heterocycles. The van der Waals surface area contributed by atoms with Crippen LogP contribution < -0.4 is 0 Å². The van der Waals surface area contributed by atoms with Crippen molar-refractivity contribution in [2.45, 2.75) is 30.6 Å². The number of aromatic amines is 1. The highest BCUT2D eigenvalue weighted by Gasteiger charge is 2.12. The predicted molar refractivity (Wildman–Crippen MR) is 130 cm³/mol. The molecule has 0 saturated heterocycles. The standard InChI is InChI=1S/C25H23ClN2O4S/c1-33(31,32)20-12-10-17(11-13-20)16-6-8-18(9-7-16)25-21(26)15-23-22(28-25)14-19(27-23)4-2-3-5-24(29)30/h6-15,27H,2-5H2,1H3,(H,29,30). The molecule has 4 aromatic rings. The van der Waals surface area contributed by atoms with E-state index in [1.165, 1.54) is 6.26 Å². The number of hydrogen-bond acceptors (Lipinski definition) is 4. The molecule has 2 aromatic carbocycles. The van der Waals surface area contributed by atoms with E-state index < -0.39 is 15.8 Å². The number of H-pyrrole nitrogens is 1. The molecule has 8 heteroatoms. The summed E-state index contributed by atoms with van der Waals surface area (Å²) in [6.45, 7) is 0. The molecule has 0 aliphatic rings. The van der Waals surface area contributed by atoms with E-state index in [4.69, 9.17) is 21.7 Å². The van der Waals surface area contributed by atoms with Gasteiger partial charge in [-0.25, -0.2) is 13.4 Å². The van der Waals surface area contributed by atoms with Crippen LogP contribution >= 0.6 is 11.6 Å². The van der Waals surface area contributed by atoms with E-state index in [-0.39, 0.29) is 6.42 Å². The summed E-state index contributed by atoms with van der Waals surface area (Å²) < 4.78 is 23.3. The van der Waals surface area contributed by atoms with Crippen LogP contribution in [0.4, 0.5) is 0 Å². The molecule has 0 spiro atoms. The number of nitrogens with zero attached hydrogens (tertiary/aromatic N) is 1. The fraction of sp³-hybridized carbons (Fsp3) is 0.200. The van der Waals surface area contributed by atoms with Crippen LogP contribution in [-0.4, -0.2) is 35.7 Å². The lowest BCUT2D eigenvalue weighted by Crippen LogP contribution is -1.96. The number of fused-ring (bicyclic) bond motifs is 1. The third-order valence-electron chi connectivity index (χ3n) is 5.47. The van der Waals surface area contributed by atoms with Gasteiger partial charge in [-0.1, -0.05) is 48.0 Å². The third-order valence-corrected chi connectivity index (χ3v) is 6.89. The van der Waals surface area contributed by atoms with E-state index in [0.29, 0.717) is 22.0 Å². The quantitative estimate of drug-likeness (QED) is 0.311. The number of halogens is 1. The van der Waals surface area contributed by atoms with Crippen molar-refractivity contribution >= 4 is 38.4 Å². The molecule has 4 rings (SSSR count). The SMILES string of the molecule is CS(=O)(=O)c1ccc(-c2ccc(-c3nc4cc(CCCCC(=O)O)[nH]c4cc3Cl)cc2)cc1. The second-order valence-electron chi connectivity index (χ2n) is 8.02. The number of aromatic nitrogens is 2. The van der Waals surface area contributed by atoms with Gasteiger partial charge in [0.25, 0.3) is 0 Å². The first kappa shape index (κ1) is 23.0. The number of carboxylic acids is 1. The molecule has 170 valence electrons. The lowest BCUT2D eigenvalue weighted by molar-refractivity contribution is -0.137. The van der Waals surface area contributed by atoms with E-state index in [1.54, 1.807) is 24.3 Å². The van der Waals surface area contributed by atoms with Gasteiger partial charge in [0, 0.05) is 23.9 Å². The lowest BCUT2D eigenvalue weighted by atomic mass is 10.0. The average Bonchev–Trinajstić information content (AvgIpc) is 3.17. The number of nitrogens with one attached hydrogen (secondary N) is 1. The zero-order chi connectivity index (χ0) is 23.6. The van der Waals surface area contributed by atoms with Gasteiger partial charge in [0.05, 0.1) is 26.6 Å². The lowest BCUT2D eigenvalue weighted by Gasteiger charge is -2.07. The first-order valence-electron chi connectivity index (χ1n) is 10.5. The molecule has 0 bridgehead atoms. The number of pyridine rings is 1. The fourth-order valence-electron chi connectivity index (χ4n) is 3.73. The van der Waals surface area contributed by atoms with Gasteiger partial charge in [0.1, 0.15) is 0 Å². The number of hydrogen-bond donors (Lipinski definition) is 2. The van der Waals surface area contributed by atoms with Crippen LogP contribution in [0.3, 0.4) is 0 Å². The maximum absolute atomic E-state index is 11.7. The van der Waals surface area contributed by atoms with Crippen LogP contribution in [-0.2, 0) is 21.1 Å². The summed E-state index contributed by atoms with van der Waals surface area (Å²) >= 11 is 6.52. The van der Waals surface area contributed by atoms with Gasteiger partial charge < -0.3 is 10.1 Å². The molecule has 6 nitrogen and oxygen atoms in total. The molecule has 0 aliphatic carbocycles. The number of aliphatic carboxylic acids is 1. The Hall–Kier alpha value is -3.16. The Morgan fingerprint density at radius 3 is 2.18 bits per heavy atom. The van der Waals surface area contributed by atoms with Crippen molar-refractivity contribution < 1.29 is 18.3 Å². The molecule has 0 fully saturated rings. The molecule has 0 atom stereocenters. The average molecular weight is 483 g/mol. The smallest absolute Gasteiger partial charge is 0.303 e. The first-order chi connectivity index (χ1) is 15.7. The van der Waals surface area contributed by atoms with Gasteiger partial charge in [-0.2, -0.15) is 0 Å². The van der Waals surface area contributed by atoms with Crippen molar-refractivity contribution in [2.75, 3.05) is 6.26 Å². The number of unbranched alkanes of at least 4 members (excludes halogenated alkanes) is 1. The van der Waals surface area contributed by atoms with E-state index in [0.717, 1.165) is 46.3 Å². The highest BCUT2D eigenvalue weighted by Crippen LogP contribution is 2.31. The van der Waals surface area contributed by atoms with E-state index >= 15 is 0 Å². The molecule has 2 heterocycles. The molecule has 0 radical (unpaired) electrons. The van der Waals surface area contributed by atoms with Gasteiger partial charge in [-0.05, 0) is 54.7 Å². The Morgan fingerprint density at radius 2 is 1.58 bits per heavy atom. The molecule has 2 N–H and O–H groups in total. The normalized spacial score (nSPS) is 11.7. The van der Waals surface area contributed by atoms with Crippen molar-refractivity contribution in [3.8, 4) is 22.4 Å². The Kier molecular flexibility index (Phi) is 6.54. The summed E-state index contributed by atoms with van der Waals surface area (Å²) in [5, 5.41) is 9.30. The molecule has 0 saturated carbocycles. The van der Waals surface area contributed by atoms with Gasteiger partial charge in [0.15, 0.2) is 9.84 Å². The van der Waals surface area contributed by atoms with Crippen molar-refractivity contribution in [3.05, 3.63) is 71.4 Å². The topological polar surface area (TPSA) is 100 Å². The summed E-state index contributed by atoms with van der Waals surface area (Å²) in [5.41, 5.74) is 6.09. The summed E-state index contributed by atoms with van der Waals surface area (Å²) in [4.78, 5) is 19.0. The van der Waals surface area contributed by atoms with Gasteiger partial charge >= 0.3 is 5.97 Å². The van der Waals surface area contributed by atoms with Crippen LogP contribution in [0.2, 0.25) is 5.02 Å². The molecule has 0 amide bonds. The van der Waals surface area contributed by atoms with Gasteiger partial charge in [0.2, 0.25) is 0 Å². The monoisotopic (exact) mass is 482 g/mol. The van der Waals surface area contributed by atoms with Crippen LogP contribution in [0.15, 0.2) is 65.6 Å². The summed E-state index contributed by atoms with van der Waals surface area (Å²) in [7, 11) is -3.22. The molecule has 33 heavy (non-hydrogen) atoms. The Morgan fingerprint density at radius 1 is 0.970 bits per heavy atom. The largest absolute Gasteiger partial charge is 0.481 e. The van der Waals surface area contributed by atoms with Gasteiger partial charge in [-0.15, -0.1) is 0 Å². The van der Waals surface area contributed by atoms with Crippen molar-refractivity contribution in [3.63, 3.8) is 0 Å². The number of rotatable bonds is 8. The highest BCUT2D eigenvalue weighted by molar-refractivity contribution is 7.90. The van der Waals surface area contributed by atoms with Gasteiger partial charge in [-0.3, -0.25) is 4.79 Å². The second kappa shape index (κ2) is 9.37. The first-order valence-corrected chi connectivity index (χ1v) is 12.8. The number of carboxylic acid groups (broad SMARTS) is 1. The van der Waals surface area contributed by atoms with E-state index in [9.17, 15) is 13.2 Å². The molecule has 0 unspecified atom stereocenters. The molecule has 2 aromatic heterocycles. The zero-order valence-corrected chi connectivity index (χ0v) is 19.6. The van der Waals surface area contributed by atoms with Crippen LogP contribution in [0.1, 0.15) is 25.0 Å². The maximum Gasteiger partial charge on any atom is 0.303 e. The minimum atomic E-state index is -3.22. The maximum atomic E-state index is 11.7. The van der Waals surface area contributed by atoms with Crippen molar-refractivity contribution in [2.24, 2.45) is 0 Å². The molecular formula is C25H23ClN2O4S. The zero-order valence-electron chi connectivity index (χ0n) is 18.0. The summed E-state index contributed by atoms with van der Waals surface area (Å²) in [6, 6.07) is 18.4. The van der Waals surface area contributed by atoms with Crippen LogP contribution in [0.25, 0.3) is 33.4 Å². The summed E-state index contributed by atoms with van der Waals surface area (Å²) in [5.74, 6) is -0.776. The fourth-order valence-corrected chi connectivity index (χ4v) is 4.62. The summed E-state index contributed by atoms with van der Waals surface area (Å²) in [6.07, 6.45) is 3.53. The van der Waals surface area contributed by atoms with Crippen LogP contribution in [0.5, 0.6) is 0 Å². The van der Waals surface area contributed by atoms with E-state index in [2.05, 4.69) is 4.98 Å². The Labute approximate surface area is 197 Å². The van der Waals surface area contributed by atoms with E-state index in [1.807, 2.05) is 36.4 Å². The predicted octanol–water partition coefficient (Wildman–Crippen LogP) is 5.75. The van der Waals surface area contributed by atoms with Crippen molar-refractivity contribution in [1.29, 1.82) is 0 Å². The minimum Gasteiger partial charge on any atom is -0.481 e. The number of aryl methyl sites for hydroxylation is 1. The number of sulfone groups is 1. The third kappa shape index (κ3) is 5.43. The number of benzene rings is 2. The highest BCUT2D eigenvalue weighted by atomic mass is 35.5.